The number of carbonyl (C=O) groups is 1. The largest absolute Gasteiger partial charge is 0.353 e. The molecule has 3 heterocycles. The number of rotatable bonds is 4. The van der Waals surface area contributed by atoms with Gasteiger partial charge >= 0.3 is 0 Å². The standard InChI is InChI=1S/C16H23N7O/c1-2-23-15-13(20-21-23)14(17-10-18-15)22-8-11(9-22)16(24)19-12-6-4-3-5-7-12/h10-12H,2-9H2,1H3,(H,19,24). The Balaban J connectivity index is 1.40. The minimum Gasteiger partial charge on any atom is -0.353 e. The Bertz CT molecular complexity index is 731. The first-order valence-corrected chi connectivity index (χ1v) is 8.85. The van der Waals surface area contributed by atoms with Gasteiger partial charge in [0.1, 0.15) is 6.33 Å². The third kappa shape index (κ3) is 2.70. The van der Waals surface area contributed by atoms with E-state index in [1.54, 1.807) is 11.0 Å². The molecule has 1 amide bonds. The summed E-state index contributed by atoms with van der Waals surface area (Å²) < 4.78 is 1.76. The van der Waals surface area contributed by atoms with E-state index in [1.807, 2.05) is 6.92 Å². The predicted octanol–water partition coefficient (Wildman–Crippen LogP) is 1.13. The molecule has 0 unspecified atom stereocenters. The molecule has 8 heteroatoms. The van der Waals surface area contributed by atoms with Gasteiger partial charge in [0.05, 0.1) is 5.92 Å². The Labute approximate surface area is 140 Å². The minimum absolute atomic E-state index is 0.0400. The molecule has 24 heavy (non-hydrogen) atoms. The van der Waals surface area contributed by atoms with Crippen molar-refractivity contribution in [3.05, 3.63) is 6.33 Å². The second-order valence-electron chi connectivity index (χ2n) is 6.72. The Hall–Kier alpha value is -2.25. The molecule has 2 aromatic heterocycles. The van der Waals surface area contributed by atoms with Crippen LogP contribution in [-0.4, -0.2) is 50.0 Å². The van der Waals surface area contributed by atoms with Crippen LogP contribution in [0.1, 0.15) is 39.0 Å². The van der Waals surface area contributed by atoms with Crippen molar-refractivity contribution in [1.29, 1.82) is 0 Å². The van der Waals surface area contributed by atoms with Crippen LogP contribution in [0.4, 0.5) is 5.82 Å². The zero-order valence-corrected chi connectivity index (χ0v) is 14.0. The molecular formula is C16H23N7O. The number of hydrogen-bond donors (Lipinski definition) is 1. The van der Waals surface area contributed by atoms with Gasteiger partial charge in [-0.1, -0.05) is 24.5 Å². The fraction of sp³-hybridized carbons (Fsp3) is 0.688. The summed E-state index contributed by atoms with van der Waals surface area (Å²) in [5.41, 5.74) is 1.46. The van der Waals surface area contributed by atoms with Gasteiger partial charge in [-0.15, -0.1) is 5.10 Å². The lowest BCUT2D eigenvalue weighted by atomic mass is 9.93. The number of nitrogens with one attached hydrogen (secondary N) is 1. The Kier molecular flexibility index (Phi) is 4.03. The normalized spacial score (nSPS) is 19.5. The van der Waals surface area contributed by atoms with Crippen LogP contribution in [-0.2, 0) is 11.3 Å². The molecule has 1 N–H and O–H groups in total. The molecule has 0 aromatic carbocycles. The fourth-order valence-electron chi connectivity index (χ4n) is 3.61. The van der Waals surface area contributed by atoms with E-state index in [0.29, 0.717) is 24.6 Å². The minimum atomic E-state index is 0.0400. The van der Waals surface area contributed by atoms with E-state index in [0.717, 1.165) is 30.9 Å². The smallest absolute Gasteiger partial charge is 0.226 e. The van der Waals surface area contributed by atoms with Gasteiger partial charge in [0, 0.05) is 25.7 Å². The quantitative estimate of drug-likeness (QED) is 0.904. The van der Waals surface area contributed by atoms with Gasteiger partial charge in [-0.3, -0.25) is 4.79 Å². The van der Waals surface area contributed by atoms with E-state index in [1.165, 1.54) is 19.3 Å². The number of carbonyl (C=O) groups excluding carboxylic acids is 1. The van der Waals surface area contributed by atoms with E-state index < -0.39 is 0 Å². The molecule has 0 radical (unpaired) electrons. The summed E-state index contributed by atoms with van der Waals surface area (Å²) in [6.07, 6.45) is 7.54. The highest BCUT2D eigenvalue weighted by molar-refractivity contribution is 5.86. The van der Waals surface area contributed by atoms with Crippen LogP contribution in [0.5, 0.6) is 0 Å². The lowest BCUT2D eigenvalue weighted by Gasteiger charge is -2.39. The van der Waals surface area contributed by atoms with Crippen LogP contribution in [0.2, 0.25) is 0 Å². The molecule has 0 atom stereocenters. The molecule has 1 saturated carbocycles. The molecule has 1 saturated heterocycles. The average molecular weight is 329 g/mol. The van der Waals surface area contributed by atoms with Gasteiger partial charge in [-0.05, 0) is 19.8 Å². The van der Waals surface area contributed by atoms with Crippen LogP contribution < -0.4 is 10.2 Å². The second-order valence-corrected chi connectivity index (χ2v) is 6.72. The van der Waals surface area contributed by atoms with Crippen LogP contribution in [0.25, 0.3) is 11.2 Å². The monoisotopic (exact) mass is 329 g/mol. The zero-order valence-electron chi connectivity index (χ0n) is 14.0. The third-order valence-corrected chi connectivity index (χ3v) is 5.08. The Morgan fingerprint density at radius 2 is 2.04 bits per heavy atom. The van der Waals surface area contributed by atoms with Crippen LogP contribution in [0.15, 0.2) is 6.33 Å². The number of aromatic nitrogens is 5. The van der Waals surface area contributed by atoms with E-state index in [-0.39, 0.29) is 11.8 Å². The summed E-state index contributed by atoms with van der Waals surface area (Å²) in [6, 6.07) is 0.371. The van der Waals surface area contributed by atoms with Crippen LogP contribution >= 0.6 is 0 Å². The second kappa shape index (κ2) is 6.33. The summed E-state index contributed by atoms with van der Waals surface area (Å²) in [5.74, 6) is 1.00. The van der Waals surface area contributed by atoms with Crippen molar-refractivity contribution < 1.29 is 4.79 Å². The molecule has 1 aliphatic heterocycles. The SMILES string of the molecule is CCn1nnc2c(N3CC(C(=O)NC4CCCCC4)C3)ncnc21. The van der Waals surface area contributed by atoms with Crippen molar-refractivity contribution >= 4 is 22.9 Å². The Morgan fingerprint density at radius 1 is 1.25 bits per heavy atom. The van der Waals surface area contributed by atoms with Gasteiger partial charge in [0.15, 0.2) is 17.0 Å². The van der Waals surface area contributed by atoms with Gasteiger partial charge in [-0.2, -0.15) is 0 Å². The van der Waals surface area contributed by atoms with Gasteiger partial charge in [0.2, 0.25) is 5.91 Å². The van der Waals surface area contributed by atoms with Crippen LogP contribution in [0, 0.1) is 5.92 Å². The first-order chi connectivity index (χ1) is 11.8. The highest BCUT2D eigenvalue weighted by atomic mass is 16.2. The van der Waals surface area contributed by atoms with E-state index in [2.05, 4.69) is 30.5 Å². The molecule has 128 valence electrons. The number of fused-ring (bicyclic) bond motifs is 1. The van der Waals surface area contributed by atoms with E-state index in [9.17, 15) is 4.79 Å². The molecule has 0 bridgehead atoms. The van der Waals surface area contributed by atoms with Crippen molar-refractivity contribution in [2.24, 2.45) is 5.92 Å². The average Bonchev–Trinajstić information content (AvgIpc) is 2.98. The number of anilines is 1. The first kappa shape index (κ1) is 15.3. The predicted molar refractivity (Wildman–Crippen MR) is 89.5 cm³/mol. The lowest BCUT2D eigenvalue weighted by Crippen LogP contribution is -2.55. The van der Waals surface area contributed by atoms with Gasteiger partial charge < -0.3 is 10.2 Å². The number of hydrogen-bond acceptors (Lipinski definition) is 6. The third-order valence-electron chi connectivity index (χ3n) is 5.08. The molecule has 0 spiro atoms. The van der Waals surface area contributed by atoms with E-state index in [4.69, 9.17) is 0 Å². The summed E-state index contributed by atoms with van der Waals surface area (Å²) in [4.78, 5) is 23.1. The number of aryl methyl sites for hydroxylation is 1. The molecular weight excluding hydrogens is 306 g/mol. The number of amides is 1. The lowest BCUT2D eigenvalue weighted by molar-refractivity contribution is -0.126. The fourth-order valence-corrected chi connectivity index (χ4v) is 3.61. The summed E-state index contributed by atoms with van der Waals surface area (Å²) in [6.45, 7) is 4.10. The molecule has 2 aromatic rings. The molecule has 8 nitrogen and oxygen atoms in total. The number of nitrogens with zero attached hydrogens (tertiary/aromatic N) is 6. The van der Waals surface area contributed by atoms with Gasteiger partial charge in [0.25, 0.3) is 0 Å². The summed E-state index contributed by atoms with van der Waals surface area (Å²) >= 11 is 0. The molecule has 4 rings (SSSR count). The van der Waals surface area contributed by atoms with Crippen molar-refractivity contribution in [3.8, 4) is 0 Å². The topological polar surface area (TPSA) is 88.8 Å². The van der Waals surface area contributed by atoms with Crippen molar-refractivity contribution in [2.75, 3.05) is 18.0 Å². The molecule has 1 aliphatic carbocycles. The Morgan fingerprint density at radius 3 is 2.79 bits per heavy atom. The van der Waals surface area contributed by atoms with Crippen molar-refractivity contribution in [1.82, 2.24) is 30.3 Å². The maximum atomic E-state index is 12.4. The maximum absolute atomic E-state index is 12.4. The van der Waals surface area contributed by atoms with Crippen molar-refractivity contribution in [3.63, 3.8) is 0 Å². The van der Waals surface area contributed by atoms with Gasteiger partial charge in [-0.25, -0.2) is 14.6 Å². The summed E-state index contributed by atoms with van der Waals surface area (Å²) in [7, 11) is 0. The first-order valence-electron chi connectivity index (χ1n) is 8.85. The van der Waals surface area contributed by atoms with E-state index >= 15 is 0 Å². The molecule has 2 aliphatic rings. The van der Waals surface area contributed by atoms with Crippen LogP contribution in [0.3, 0.4) is 0 Å². The highest BCUT2D eigenvalue weighted by Crippen LogP contribution is 2.28. The van der Waals surface area contributed by atoms with Crippen molar-refractivity contribution in [2.45, 2.75) is 51.6 Å². The zero-order chi connectivity index (χ0) is 16.5. The maximum Gasteiger partial charge on any atom is 0.226 e. The summed E-state index contributed by atoms with van der Waals surface area (Å²) in [5, 5.41) is 11.5. The molecule has 2 fully saturated rings. The highest BCUT2D eigenvalue weighted by Gasteiger charge is 2.35.